The third-order valence-corrected chi connectivity index (χ3v) is 5.20. The zero-order chi connectivity index (χ0) is 21.5. The maximum Gasteiger partial charge on any atom is 0.335 e. The molecule has 1 aromatic heterocycles. The van der Waals surface area contributed by atoms with Crippen LogP contribution in [0.3, 0.4) is 0 Å². The minimum Gasteiger partial charge on any atom is -0.497 e. The molecule has 4 aromatic rings. The second-order valence-corrected chi connectivity index (χ2v) is 7.06. The number of hydrogen-bond donors (Lipinski definition) is 3. The zero-order valence-electron chi connectivity index (χ0n) is 16.5. The van der Waals surface area contributed by atoms with E-state index in [2.05, 4.69) is 9.98 Å². The first-order valence-corrected chi connectivity index (χ1v) is 9.54. The van der Waals surface area contributed by atoms with Crippen LogP contribution in [-0.4, -0.2) is 28.3 Å². The summed E-state index contributed by atoms with van der Waals surface area (Å²) < 4.78 is 5.29. The van der Waals surface area contributed by atoms with E-state index >= 15 is 0 Å². The normalized spacial score (nSPS) is 14.0. The molecule has 0 fully saturated rings. The van der Waals surface area contributed by atoms with Gasteiger partial charge in [0.2, 0.25) is 0 Å². The Labute approximate surface area is 176 Å². The van der Waals surface area contributed by atoms with Crippen molar-refractivity contribution in [1.29, 1.82) is 0 Å². The molecule has 0 unspecified atom stereocenters. The van der Waals surface area contributed by atoms with Gasteiger partial charge in [0.25, 0.3) is 0 Å². The van der Waals surface area contributed by atoms with Crippen LogP contribution in [0.25, 0.3) is 16.5 Å². The van der Waals surface area contributed by atoms with Crippen LogP contribution in [0, 0.1) is 0 Å². The van der Waals surface area contributed by atoms with Gasteiger partial charge in [-0.2, -0.15) is 0 Å². The molecule has 2 heterocycles. The number of aromatic amines is 1. The first-order chi connectivity index (χ1) is 15.0. The zero-order valence-corrected chi connectivity index (χ0v) is 16.5. The first kappa shape index (κ1) is 18.6. The summed E-state index contributed by atoms with van der Waals surface area (Å²) in [6.45, 7) is 0. The number of carboxylic acids is 1. The van der Waals surface area contributed by atoms with E-state index in [1.54, 1.807) is 19.2 Å². The molecule has 5 rings (SSSR count). The summed E-state index contributed by atoms with van der Waals surface area (Å²) in [6.07, 6.45) is 0. The van der Waals surface area contributed by atoms with Gasteiger partial charge in [0.1, 0.15) is 5.75 Å². The number of aromatic nitrogens is 1. The van der Waals surface area contributed by atoms with Crippen LogP contribution < -0.4 is 15.5 Å². The summed E-state index contributed by atoms with van der Waals surface area (Å²) in [4.78, 5) is 23.8. The van der Waals surface area contributed by atoms with E-state index < -0.39 is 5.97 Å². The van der Waals surface area contributed by atoms with Crippen molar-refractivity contribution in [1.82, 2.24) is 4.98 Å². The summed E-state index contributed by atoms with van der Waals surface area (Å²) in [5.74, 6) is -0.0346. The van der Waals surface area contributed by atoms with Crippen LogP contribution >= 0.6 is 0 Å². The topological polar surface area (TPSA) is 107 Å². The minimum absolute atomic E-state index is 0.0807. The molecule has 0 saturated heterocycles. The maximum absolute atomic E-state index is 11.5. The number of aromatic carboxylic acids is 1. The van der Waals surface area contributed by atoms with Crippen molar-refractivity contribution in [3.63, 3.8) is 0 Å². The highest BCUT2D eigenvalue weighted by Gasteiger charge is 2.23. The van der Waals surface area contributed by atoms with Crippen molar-refractivity contribution >= 4 is 22.4 Å². The monoisotopic (exact) mass is 411 g/mol. The molecule has 0 aliphatic carbocycles. The van der Waals surface area contributed by atoms with Gasteiger partial charge in [0.05, 0.1) is 29.0 Å². The lowest BCUT2D eigenvalue weighted by Gasteiger charge is -2.09. The number of aromatic hydroxyl groups is 1. The Balaban J connectivity index is 1.85. The Morgan fingerprint density at radius 2 is 1.71 bits per heavy atom. The summed E-state index contributed by atoms with van der Waals surface area (Å²) in [7, 11) is 1.59. The smallest absolute Gasteiger partial charge is 0.335 e. The van der Waals surface area contributed by atoms with Gasteiger partial charge < -0.3 is 19.9 Å². The highest BCUT2D eigenvalue weighted by molar-refractivity contribution is 6.03. The number of nitrogens with zero attached hydrogens (tertiary/aromatic N) is 2. The number of nitrogens with one attached hydrogen (secondary N) is 1. The summed E-state index contributed by atoms with van der Waals surface area (Å²) >= 11 is 0. The quantitative estimate of drug-likeness (QED) is 0.479. The van der Waals surface area contributed by atoms with Crippen molar-refractivity contribution < 1.29 is 19.7 Å². The van der Waals surface area contributed by atoms with E-state index in [1.165, 1.54) is 12.1 Å². The van der Waals surface area contributed by atoms with Crippen LogP contribution in [-0.2, 0) is 0 Å². The Morgan fingerprint density at radius 3 is 2.45 bits per heavy atom. The molecule has 31 heavy (non-hydrogen) atoms. The minimum atomic E-state index is -1.04. The molecule has 0 bridgehead atoms. The summed E-state index contributed by atoms with van der Waals surface area (Å²) in [5, 5.41) is 22.2. The molecule has 7 nitrogen and oxygen atoms in total. The van der Waals surface area contributed by atoms with E-state index in [0.29, 0.717) is 44.3 Å². The molecular formula is C24H17N3O4. The van der Waals surface area contributed by atoms with Gasteiger partial charge in [0, 0.05) is 22.5 Å². The third-order valence-electron chi connectivity index (χ3n) is 5.20. The number of fused-ring (bicyclic) bond motifs is 2. The Kier molecular flexibility index (Phi) is 4.29. The van der Waals surface area contributed by atoms with E-state index in [0.717, 1.165) is 5.56 Å². The van der Waals surface area contributed by atoms with Gasteiger partial charge in [-0.1, -0.05) is 30.3 Å². The lowest BCUT2D eigenvalue weighted by atomic mass is 9.96. The number of hydrogen-bond acceptors (Lipinski definition) is 5. The van der Waals surface area contributed by atoms with Crippen LogP contribution in [0.2, 0.25) is 0 Å². The molecule has 152 valence electrons. The van der Waals surface area contributed by atoms with Gasteiger partial charge in [-0.25, -0.2) is 14.8 Å². The molecule has 3 aromatic carbocycles. The molecule has 0 saturated carbocycles. The highest BCUT2D eigenvalue weighted by Crippen LogP contribution is 2.39. The number of benzene rings is 3. The Hall–Kier alpha value is -4.39. The van der Waals surface area contributed by atoms with E-state index in [-0.39, 0.29) is 11.4 Å². The number of ether oxygens (including phenoxy) is 1. The summed E-state index contributed by atoms with van der Waals surface area (Å²) in [5.41, 5.74) is 2.58. The Morgan fingerprint density at radius 1 is 0.935 bits per heavy atom. The van der Waals surface area contributed by atoms with Crippen molar-refractivity contribution in [2.75, 3.05) is 7.11 Å². The molecular weight excluding hydrogens is 394 g/mol. The SMILES string of the molecule is COc1ccc2c(c1)=NC(=C(c1ccccc1)c1c(O)[nH]c3ccc(C(=O)O)cc13)N=2. The number of methoxy groups -OCH3 is 1. The molecule has 1 aliphatic heterocycles. The van der Waals surface area contributed by atoms with Gasteiger partial charge in [-0.15, -0.1) is 0 Å². The lowest BCUT2D eigenvalue weighted by molar-refractivity contribution is 0.0697. The second-order valence-electron chi connectivity index (χ2n) is 7.06. The molecule has 0 radical (unpaired) electrons. The standard InChI is InChI=1S/C24H17N3O4/c1-31-15-8-10-18-19(12-15)26-22(25-18)20(13-5-3-2-4-6-13)21-16-11-14(24(29)30)7-9-17(16)27-23(21)28/h2-12,27-28H,1H3,(H,29,30). The Bertz CT molecular complexity index is 1500. The van der Waals surface area contributed by atoms with Crippen LogP contribution in [0.1, 0.15) is 21.5 Å². The van der Waals surface area contributed by atoms with Gasteiger partial charge in [0.15, 0.2) is 11.7 Å². The van der Waals surface area contributed by atoms with Crippen LogP contribution in [0.4, 0.5) is 0 Å². The molecule has 0 amide bonds. The molecule has 7 heteroatoms. The lowest BCUT2D eigenvalue weighted by Crippen LogP contribution is -2.20. The average Bonchev–Trinajstić information content (AvgIpc) is 3.34. The largest absolute Gasteiger partial charge is 0.497 e. The predicted molar refractivity (Wildman–Crippen MR) is 115 cm³/mol. The fourth-order valence-corrected chi connectivity index (χ4v) is 3.73. The third kappa shape index (κ3) is 3.12. The van der Waals surface area contributed by atoms with E-state index in [4.69, 9.17) is 9.73 Å². The predicted octanol–water partition coefficient (Wildman–Crippen LogP) is 3.25. The number of carboxylic acid groups (broad SMARTS) is 1. The fourth-order valence-electron chi connectivity index (χ4n) is 3.73. The summed E-state index contributed by atoms with van der Waals surface area (Å²) in [6, 6.07) is 19.6. The van der Waals surface area contributed by atoms with E-state index in [1.807, 2.05) is 42.5 Å². The fraction of sp³-hybridized carbons (Fsp3) is 0.0417. The van der Waals surface area contributed by atoms with Gasteiger partial charge in [-0.05, 0) is 35.9 Å². The highest BCUT2D eigenvalue weighted by atomic mass is 16.5. The first-order valence-electron chi connectivity index (χ1n) is 9.54. The number of H-pyrrole nitrogens is 1. The van der Waals surface area contributed by atoms with E-state index in [9.17, 15) is 15.0 Å². The van der Waals surface area contributed by atoms with Crippen molar-refractivity contribution in [2.24, 2.45) is 9.98 Å². The maximum atomic E-state index is 11.5. The van der Waals surface area contributed by atoms with Crippen LogP contribution in [0.15, 0.2) is 82.5 Å². The molecule has 3 N–H and O–H groups in total. The van der Waals surface area contributed by atoms with Gasteiger partial charge in [-0.3, -0.25) is 0 Å². The molecule has 0 spiro atoms. The molecule has 1 aliphatic rings. The number of carbonyl (C=O) groups is 1. The molecule has 0 atom stereocenters. The number of rotatable bonds is 4. The van der Waals surface area contributed by atoms with Crippen molar-refractivity contribution in [3.8, 4) is 11.6 Å². The van der Waals surface area contributed by atoms with Crippen LogP contribution in [0.5, 0.6) is 11.6 Å². The van der Waals surface area contributed by atoms with Crippen molar-refractivity contribution in [2.45, 2.75) is 0 Å². The van der Waals surface area contributed by atoms with Gasteiger partial charge >= 0.3 is 5.97 Å². The van der Waals surface area contributed by atoms with Crippen molar-refractivity contribution in [3.05, 3.63) is 100.0 Å². The average molecular weight is 411 g/mol. The second kappa shape index (κ2) is 7.14.